The van der Waals surface area contributed by atoms with Gasteiger partial charge in [0, 0.05) is 43.2 Å². The topological polar surface area (TPSA) is 28.2 Å². The van der Waals surface area contributed by atoms with E-state index in [0.717, 1.165) is 44.2 Å². The molecule has 1 saturated carbocycles. The summed E-state index contributed by atoms with van der Waals surface area (Å²) < 4.78 is 0. The first-order chi connectivity index (χ1) is 10.3. The molecule has 0 bridgehead atoms. The number of benzene rings is 1. The van der Waals surface area contributed by atoms with Gasteiger partial charge in [-0.1, -0.05) is 25.1 Å². The van der Waals surface area contributed by atoms with Gasteiger partial charge in [0.2, 0.25) is 0 Å². The summed E-state index contributed by atoms with van der Waals surface area (Å²) in [5.74, 6) is 0. The molecule has 0 saturated heterocycles. The fraction of sp³-hybridized carbons (Fsp3) is 0.500. The van der Waals surface area contributed by atoms with Gasteiger partial charge in [0.15, 0.2) is 0 Å². The molecule has 0 amide bonds. The lowest BCUT2D eigenvalue weighted by molar-refractivity contribution is 0.265. The minimum atomic E-state index is 0.749. The number of likely N-dealkylation sites (N-methyl/N-ethyl adjacent to an activating group) is 1. The molecule has 1 N–H and O–H groups in total. The third-order valence-corrected chi connectivity index (χ3v) is 4.84. The first-order valence-corrected chi connectivity index (χ1v) is 8.20. The number of nitrogens with zero attached hydrogens (tertiary/aromatic N) is 2. The van der Waals surface area contributed by atoms with Crippen molar-refractivity contribution in [3.05, 3.63) is 41.1 Å². The SMILES string of the molecule is CCN1CCc2nc3ccccc3c(CNC3CC3)c2C1. The van der Waals surface area contributed by atoms with Crippen molar-refractivity contribution < 1.29 is 0 Å². The minimum absolute atomic E-state index is 0.749. The molecule has 1 aromatic heterocycles. The van der Waals surface area contributed by atoms with Crippen LogP contribution < -0.4 is 5.32 Å². The summed E-state index contributed by atoms with van der Waals surface area (Å²) in [4.78, 5) is 7.46. The van der Waals surface area contributed by atoms with Crippen molar-refractivity contribution in [1.82, 2.24) is 15.2 Å². The summed E-state index contributed by atoms with van der Waals surface area (Å²) in [5, 5.41) is 5.04. The van der Waals surface area contributed by atoms with Crippen LogP contribution >= 0.6 is 0 Å². The Bertz CT molecular complexity index is 661. The number of rotatable bonds is 4. The van der Waals surface area contributed by atoms with Gasteiger partial charge in [-0.15, -0.1) is 0 Å². The van der Waals surface area contributed by atoms with Gasteiger partial charge in [0.1, 0.15) is 0 Å². The van der Waals surface area contributed by atoms with E-state index in [2.05, 4.69) is 41.4 Å². The van der Waals surface area contributed by atoms with Crippen LogP contribution in [0.25, 0.3) is 10.9 Å². The molecule has 0 atom stereocenters. The zero-order valence-electron chi connectivity index (χ0n) is 12.7. The van der Waals surface area contributed by atoms with E-state index in [1.807, 2.05) is 0 Å². The van der Waals surface area contributed by atoms with Crippen LogP contribution in [0.1, 0.15) is 36.6 Å². The maximum absolute atomic E-state index is 4.93. The van der Waals surface area contributed by atoms with Crippen LogP contribution in [0.4, 0.5) is 0 Å². The van der Waals surface area contributed by atoms with E-state index in [4.69, 9.17) is 4.98 Å². The highest BCUT2D eigenvalue weighted by Crippen LogP contribution is 2.29. The summed E-state index contributed by atoms with van der Waals surface area (Å²) in [6, 6.07) is 9.37. The maximum atomic E-state index is 4.93. The zero-order valence-corrected chi connectivity index (χ0v) is 12.7. The van der Waals surface area contributed by atoms with Crippen molar-refractivity contribution in [2.24, 2.45) is 0 Å². The van der Waals surface area contributed by atoms with Crippen LogP contribution in [0.3, 0.4) is 0 Å². The van der Waals surface area contributed by atoms with Gasteiger partial charge in [-0.3, -0.25) is 9.88 Å². The Morgan fingerprint density at radius 1 is 1.29 bits per heavy atom. The first-order valence-electron chi connectivity index (χ1n) is 8.20. The van der Waals surface area contributed by atoms with Crippen molar-refractivity contribution >= 4 is 10.9 Å². The lowest BCUT2D eigenvalue weighted by atomic mass is 9.95. The van der Waals surface area contributed by atoms with E-state index in [0.29, 0.717) is 0 Å². The molecule has 110 valence electrons. The fourth-order valence-electron chi connectivity index (χ4n) is 3.34. The Kier molecular flexibility index (Phi) is 3.40. The van der Waals surface area contributed by atoms with E-state index < -0.39 is 0 Å². The number of hydrogen-bond donors (Lipinski definition) is 1. The summed E-state index contributed by atoms with van der Waals surface area (Å²) in [6.07, 6.45) is 3.77. The number of hydrogen-bond acceptors (Lipinski definition) is 3. The van der Waals surface area contributed by atoms with Crippen molar-refractivity contribution in [3.63, 3.8) is 0 Å². The monoisotopic (exact) mass is 281 g/mol. The molecule has 0 unspecified atom stereocenters. The number of para-hydroxylation sites is 1. The smallest absolute Gasteiger partial charge is 0.0708 e. The molecule has 0 spiro atoms. The zero-order chi connectivity index (χ0) is 14.2. The highest BCUT2D eigenvalue weighted by atomic mass is 15.1. The van der Waals surface area contributed by atoms with Crippen LogP contribution in [-0.2, 0) is 19.5 Å². The molecule has 1 fully saturated rings. The standard InChI is InChI=1S/C18H23N3/c1-2-21-10-9-18-16(12-21)15(11-19-13-7-8-13)14-5-3-4-6-17(14)20-18/h3-6,13,19H,2,7-12H2,1H3. The van der Waals surface area contributed by atoms with Crippen molar-refractivity contribution in [3.8, 4) is 0 Å². The third-order valence-electron chi connectivity index (χ3n) is 4.84. The second kappa shape index (κ2) is 5.39. The first kappa shape index (κ1) is 13.2. The number of nitrogens with one attached hydrogen (secondary N) is 1. The average Bonchev–Trinajstić information content (AvgIpc) is 3.35. The maximum Gasteiger partial charge on any atom is 0.0708 e. The molecular formula is C18H23N3. The van der Waals surface area contributed by atoms with Crippen LogP contribution in [-0.4, -0.2) is 29.0 Å². The molecular weight excluding hydrogens is 258 g/mol. The predicted molar refractivity (Wildman–Crippen MR) is 86.3 cm³/mol. The van der Waals surface area contributed by atoms with Gasteiger partial charge in [0.25, 0.3) is 0 Å². The summed E-state index contributed by atoms with van der Waals surface area (Å²) in [5.41, 5.74) is 5.45. The summed E-state index contributed by atoms with van der Waals surface area (Å²) >= 11 is 0. The molecule has 2 heterocycles. The van der Waals surface area contributed by atoms with Crippen molar-refractivity contribution in [2.45, 2.75) is 45.3 Å². The van der Waals surface area contributed by atoms with E-state index in [1.54, 1.807) is 0 Å². The molecule has 3 nitrogen and oxygen atoms in total. The van der Waals surface area contributed by atoms with Crippen LogP contribution in [0.2, 0.25) is 0 Å². The quantitative estimate of drug-likeness (QED) is 0.934. The summed E-state index contributed by atoms with van der Waals surface area (Å²) in [7, 11) is 0. The lowest BCUT2D eigenvalue weighted by Crippen LogP contribution is -2.32. The van der Waals surface area contributed by atoms with E-state index >= 15 is 0 Å². The molecule has 1 aliphatic heterocycles. The largest absolute Gasteiger partial charge is 0.310 e. The van der Waals surface area contributed by atoms with Gasteiger partial charge in [-0.05, 0) is 36.6 Å². The molecule has 1 aromatic carbocycles. The third kappa shape index (κ3) is 2.56. The second-order valence-electron chi connectivity index (χ2n) is 6.31. The lowest BCUT2D eigenvalue weighted by Gasteiger charge is -2.29. The molecule has 1 aliphatic carbocycles. The van der Waals surface area contributed by atoms with Gasteiger partial charge in [0.05, 0.1) is 5.52 Å². The van der Waals surface area contributed by atoms with Gasteiger partial charge in [-0.25, -0.2) is 0 Å². The summed E-state index contributed by atoms with van der Waals surface area (Å²) in [6.45, 7) is 6.58. The minimum Gasteiger partial charge on any atom is -0.310 e. The molecule has 0 radical (unpaired) electrons. The Morgan fingerprint density at radius 3 is 2.95 bits per heavy atom. The fourth-order valence-corrected chi connectivity index (χ4v) is 3.34. The van der Waals surface area contributed by atoms with Gasteiger partial charge in [-0.2, -0.15) is 0 Å². The highest BCUT2D eigenvalue weighted by Gasteiger charge is 2.24. The second-order valence-corrected chi connectivity index (χ2v) is 6.31. The Morgan fingerprint density at radius 2 is 2.14 bits per heavy atom. The molecule has 21 heavy (non-hydrogen) atoms. The van der Waals surface area contributed by atoms with E-state index in [9.17, 15) is 0 Å². The Balaban J connectivity index is 1.80. The average molecular weight is 281 g/mol. The number of pyridine rings is 1. The van der Waals surface area contributed by atoms with Gasteiger partial charge >= 0.3 is 0 Å². The molecule has 3 heteroatoms. The highest BCUT2D eigenvalue weighted by molar-refractivity contribution is 5.83. The molecule has 2 aliphatic rings. The van der Waals surface area contributed by atoms with Crippen LogP contribution in [0, 0.1) is 0 Å². The van der Waals surface area contributed by atoms with Crippen LogP contribution in [0.5, 0.6) is 0 Å². The number of aromatic nitrogens is 1. The molecule has 4 rings (SSSR count). The molecule has 2 aromatic rings. The van der Waals surface area contributed by atoms with Crippen LogP contribution in [0.15, 0.2) is 24.3 Å². The Hall–Kier alpha value is -1.45. The normalized spacial score (nSPS) is 18.9. The van der Waals surface area contributed by atoms with Crippen molar-refractivity contribution in [1.29, 1.82) is 0 Å². The van der Waals surface area contributed by atoms with Gasteiger partial charge < -0.3 is 5.32 Å². The van der Waals surface area contributed by atoms with E-state index in [1.165, 1.54) is 35.0 Å². The van der Waals surface area contributed by atoms with Crippen molar-refractivity contribution in [2.75, 3.05) is 13.1 Å². The predicted octanol–water partition coefficient (Wildman–Crippen LogP) is 2.86. The number of fused-ring (bicyclic) bond motifs is 2. The van der Waals surface area contributed by atoms with E-state index in [-0.39, 0.29) is 0 Å². The Labute approximate surface area is 126 Å².